The summed E-state index contributed by atoms with van der Waals surface area (Å²) < 4.78 is 1.25. The van der Waals surface area contributed by atoms with Gasteiger partial charge in [0.25, 0.3) is 11.5 Å². The van der Waals surface area contributed by atoms with Crippen molar-refractivity contribution >= 4 is 29.0 Å². The number of aromatic nitrogens is 3. The smallest absolute Gasteiger partial charge is 0.330 e. The first-order chi connectivity index (χ1) is 11.4. The molecular formula is C15H18ClN5O3. The summed E-state index contributed by atoms with van der Waals surface area (Å²) in [6.07, 6.45) is 2.87. The molecule has 2 heterocycles. The minimum absolute atomic E-state index is 0.0463. The first-order valence-electron chi connectivity index (χ1n) is 7.39. The fourth-order valence-corrected chi connectivity index (χ4v) is 2.35. The maximum absolute atomic E-state index is 12.5. The van der Waals surface area contributed by atoms with Gasteiger partial charge < -0.3 is 10.6 Å². The van der Waals surface area contributed by atoms with Crippen molar-refractivity contribution in [1.82, 2.24) is 14.5 Å². The van der Waals surface area contributed by atoms with E-state index in [1.165, 1.54) is 29.9 Å². The van der Waals surface area contributed by atoms with Crippen LogP contribution < -0.4 is 21.9 Å². The van der Waals surface area contributed by atoms with E-state index in [2.05, 4.69) is 9.97 Å². The highest BCUT2D eigenvalue weighted by Crippen LogP contribution is 2.18. The normalized spacial score (nSPS) is 10.6. The van der Waals surface area contributed by atoms with Crippen LogP contribution in [0.3, 0.4) is 0 Å². The lowest BCUT2D eigenvalue weighted by atomic mass is 10.2. The van der Waals surface area contributed by atoms with E-state index in [0.717, 1.165) is 11.3 Å². The van der Waals surface area contributed by atoms with Gasteiger partial charge in [0.1, 0.15) is 11.0 Å². The molecule has 2 aromatic heterocycles. The number of carbonyl (C=O) groups is 1. The summed E-state index contributed by atoms with van der Waals surface area (Å²) in [4.78, 5) is 43.7. The van der Waals surface area contributed by atoms with Crippen molar-refractivity contribution in [3.8, 4) is 0 Å². The zero-order valence-electron chi connectivity index (χ0n) is 13.4. The molecule has 0 atom stereocenters. The Balaban J connectivity index is 2.46. The summed E-state index contributed by atoms with van der Waals surface area (Å²) in [7, 11) is 1.41. The van der Waals surface area contributed by atoms with Crippen LogP contribution in [0.5, 0.6) is 0 Å². The molecule has 128 valence electrons. The van der Waals surface area contributed by atoms with E-state index in [4.69, 9.17) is 17.3 Å². The first-order valence-corrected chi connectivity index (χ1v) is 7.76. The minimum atomic E-state index is -0.719. The molecule has 0 bridgehead atoms. The molecule has 8 nitrogen and oxygen atoms in total. The van der Waals surface area contributed by atoms with Gasteiger partial charge in [0.15, 0.2) is 5.69 Å². The largest absolute Gasteiger partial charge is 0.383 e. The van der Waals surface area contributed by atoms with E-state index < -0.39 is 17.2 Å². The number of aromatic amines is 1. The topological polar surface area (TPSA) is 114 Å². The highest BCUT2D eigenvalue weighted by Gasteiger charge is 2.22. The second-order valence-electron chi connectivity index (χ2n) is 5.23. The molecule has 9 heteroatoms. The molecule has 0 unspecified atom stereocenters. The molecule has 2 rings (SSSR count). The van der Waals surface area contributed by atoms with Gasteiger partial charge in [-0.05, 0) is 18.6 Å². The SMILES string of the molecule is CCCCn1c(N)c(N(C)C(=O)c2ccc(Cl)nc2)c(=O)[nH]c1=O. The molecule has 0 aliphatic heterocycles. The molecule has 0 radical (unpaired) electrons. The van der Waals surface area contributed by atoms with Gasteiger partial charge in [-0.25, -0.2) is 9.78 Å². The summed E-state index contributed by atoms with van der Waals surface area (Å²) in [5.41, 5.74) is 4.83. The number of rotatable bonds is 5. The molecule has 0 saturated carbocycles. The average molecular weight is 352 g/mol. The Morgan fingerprint density at radius 3 is 2.71 bits per heavy atom. The van der Waals surface area contributed by atoms with Crippen molar-refractivity contribution in [2.75, 3.05) is 17.7 Å². The number of nitrogens with zero attached hydrogens (tertiary/aromatic N) is 3. The summed E-state index contributed by atoms with van der Waals surface area (Å²) in [6, 6.07) is 2.96. The maximum atomic E-state index is 12.5. The summed E-state index contributed by atoms with van der Waals surface area (Å²) in [5, 5.41) is 0.250. The molecule has 0 aliphatic carbocycles. The third-order valence-corrected chi connectivity index (χ3v) is 3.79. The van der Waals surface area contributed by atoms with E-state index in [0.29, 0.717) is 13.0 Å². The van der Waals surface area contributed by atoms with Gasteiger partial charge in [-0.3, -0.25) is 19.1 Å². The zero-order valence-corrected chi connectivity index (χ0v) is 14.1. The van der Waals surface area contributed by atoms with Crippen LogP contribution >= 0.6 is 11.6 Å². The van der Waals surface area contributed by atoms with E-state index in [9.17, 15) is 14.4 Å². The molecule has 24 heavy (non-hydrogen) atoms. The fourth-order valence-electron chi connectivity index (χ4n) is 2.24. The van der Waals surface area contributed by atoms with Crippen molar-refractivity contribution in [3.63, 3.8) is 0 Å². The predicted octanol–water partition coefficient (Wildman–Crippen LogP) is 1.24. The molecule has 0 saturated heterocycles. The summed E-state index contributed by atoms with van der Waals surface area (Å²) >= 11 is 5.70. The van der Waals surface area contributed by atoms with Crippen LogP contribution in [0.2, 0.25) is 5.15 Å². The number of halogens is 1. The Morgan fingerprint density at radius 2 is 2.12 bits per heavy atom. The van der Waals surface area contributed by atoms with Crippen LogP contribution in [0.15, 0.2) is 27.9 Å². The minimum Gasteiger partial charge on any atom is -0.383 e. The second kappa shape index (κ2) is 7.31. The van der Waals surface area contributed by atoms with E-state index in [1.54, 1.807) is 0 Å². The zero-order chi connectivity index (χ0) is 17.9. The summed E-state index contributed by atoms with van der Waals surface area (Å²) in [6.45, 7) is 2.33. The molecule has 0 fully saturated rings. The highest BCUT2D eigenvalue weighted by atomic mass is 35.5. The Hall–Kier alpha value is -2.61. The second-order valence-corrected chi connectivity index (χ2v) is 5.62. The lowest BCUT2D eigenvalue weighted by Gasteiger charge is -2.20. The number of amides is 1. The van der Waals surface area contributed by atoms with Crippen LogP contribution in [0.4, 0.5) is 11.5 Å². The van der Waals surface area contributed by atoms with Gasteiger partial charge in [-0.1, -0.05) is 24.9 Å². The van der Waals surface area contributed by atoms with Crippen molar-refractivity contribution in [3.05, 3.63) is 49.9 Å². The number of nitrogens with one attached hydrogen (secondary N) is 1. The lowest BCUT2D eigenvalue weighted by molar-refractivity contribution is 0.0992. The third-order valence-electron chi connectivity index (χ3n) is 3.56. The molecule has 1 amide bonds. The van der Waals surface area contributed by atoms with Gasteiger partial charge in [0.05, 0.1) is 5.56 Å². The Kier molecular flexibility index (Phi) is 5.40. The highest BCUT2D eigenvalue weighted by molar-refractivity contribution is 6.29. The van der Waals surface area contributed by atoms with Crippen LogP contribution in [-0.4, -0.2) is 27.5 Å². The maximum Gasteiger partial charge on any atom is 0.330 e. The Bertz CT molecular complexity index is 857. The lowest BCUT2D eigenvalue weighted by Crippen LogP contribution is -2.39. The van der Waals surface area contributed by atoms with Crippen LogP contribution in [0.25, 0.3) is 0 Å². The van der Waals surface area contributed by atoms with Gasteiger partial charge in [0, 0.05) is 19.8 Å². The molecular weight excluding hydrogens is 334 g/mol. The third kappa shape index (κ3) is 3.48. The predicted molar refractivity (Wildman–Crippen MR) is 92.6 cm³/mol. The van der Waals surface area contributed by atoms with E-state index >= 15 is 0 Å². The first kappa shape index (κ1) is 17.7. The number of anilines is 2. The monoisotopic (exact) mass is 351 g/mol. The van der Waals surface area contributed by atoms with Crippen molar-refractivity contribution in [2.45, 2.75) is 26.3 Å². The molecule has 0 aromatic carbocycles. The van der Waals surface area contributed by atoms with Crippen LogP contribution in [0.1, 0.15) is 30.1 Å². The average Bonchev–Trinajstić information content (AvgIpc) is 2.54. The molecule has 0 aliphatic rings. The number of nitrogens with two attached hydrogens (primary N) is 1. The van der Waals surface area contributed by atoms with Crippen LogP contribution in [-0.2, 0) is 6.54 Å². The van der Waals surface area contributed by atoms with Gasteiger partial charge in [0.2, 0.25) is 0 Å². The number of H-pyrrole nitrogens is 1. The van der Waals surface area contributed by atoms with E-state index in [1.807, 2.05) is 6.92 Å². The number of hydrogen-bond acceptors (Lipinski definition) is 5. The fraction of sp³-hybridized carbons (Fsp3) is 0.333. The quantitative estimate of drug-likeness (QED) is 0.787. The molecule has 2 aromatic rings. The van der Waals surface area contributed by atoms with Gasteiger partial charge >= 0.3 is 5.69 Å². The van der Waals surface area contributed by atoms with Crippen molar-refractivity contribution in [1.29, 1.82) is 0 Å². The van der Waals surface area contributed by atoms with E-state index in [-0.39, 0.29) is 22.2 Å². The van der Waals surface area contributed by atoms with Gasteiger partial charge in [-0.15, -0.1) is 0 Å². The Morgan fingerprint density at radius 1 is 1.42 bits per heavy atom. The molecule has 0 spiro atoms. The summed E-state index contributed by atoms with van der Waals surface area (Å²) in [5.74, 6) is -0.535. The number of unbranched alkanes of at least 4 members (excludes halogenated alkanes) is 1. The number of hydrogen-bond donors (Lipinski definition) is 2. The van der Waals surface area contributed by atoms with Gasteiger partial charge in [-0.2, -0.15) is 0 Å². The van der Waals surface area contributed by atoms with Crippen LogP contribution in [0, 0.1) is 0 Å². The number of nitrogen functional groups attached to an aromatic ring is 1. The number of pyridine rings is 1. The molecule has 3 N–H and O–H groups in total. The Labute approximate surface area is 142 Å². The number of carbonyl (C=O) groups excluding carboxylic acids is 1. The van der Waals surface area contributed by atoms with Crippen molar-refractivity contribution < 1.29 is 4.79 Å². The van der Waals surface area contributed by atoms with Crippen molar-refractivity contribution in [2.24, 2.45) is 0 Å². The standard InChI is InChI=1S/C15H18ClN5O3/c1-3-4-7-21-12(17)11(13(22)19-15(21)24)20(2)14(23)9-5-6-10(16)18-8-9/h5-6,8H,3-4,7,17H2,1-2H3,(H,19,22,24).